The summed E-state index contributed by atoms with van der Waals surface area (Å²) in [6.45, 7) is 3.77. The van der Waals surface area contributed by atoms with Crippen LogP contribution in [0.1, 0.15) is 36.1 Å². The van der Waals surface area contributed by atoms with Crippen molar-refractivity contribution in [3.05, 3.63) is 65.2 Å². The number of carbonyl (C=O) groups excluding carboxylic acids is 1. The van der Waals surface area contributed by atoms with E-state index in [1.54, 1.807) is 6.92 Å². The van der Waals surface area contributed by atoms with Gasteiger partial charge in [0.15, 0.2) is 0 Å². The van der Waals surface area contributed by atoms with Crippen LogP contribution >= 0.6 is 0 Å². The van der Waals surface area contributed by atoms with Crippen molar-refractivity contribution in [3.8, 4) is 0 Å². The second-order valence-electron chi connectivity index (χ2n) is 6.86. The van der Waals surface area contributed by atoms with Crippen LogP contribution in [0, 0.1) is 0 Å². The van der Waals surface area contributed by atoms with Crippen molar-refractivity contribution in [1.82, 2.24) is 4.90 Å². The lowest BCUT2D eigenvalue weighted by molar-refractivity contribution is -0.116. The fourth-order valence-electron chi connectivity index (χ4n) is 3.51. The number of hydrogen-bond donors (Lipinski definition) is 1. The summed E-state index contributed by atoms with van der Waals surface area (Å²) in [4.78, 5) is 15.7. The Bertz CT molecular complexity index is 730. The number of anilines is 1. The highest BCUT2D eigenvalue weighted by Gasteiger charge is 2.21. The number of hydrogen-bond acceptors (Lipinski definition) is 3. The number of aliphatic hydroxyl groups is 1. The minimum absolute atomic E-state index is 0.0804. The van der Waals surface area contributed by atoms with Gasteiger partial charge in [-0.2, -0.15) is 0 Å². The van der Waals surface area contributed by atoms with Gasteiger partial charge in [-0.3, -0.25) is 9.69 Å². The first-order valence-corrected chi connectivity index (χ1v) is 8.86. The highest BCUT2D eigenvalue weighted by atomic mass is 16.3. The summed E-state index contributed by atoms with van der Waals surface area (Å²) in [5.41, 5.74) is 4.31. The van der Waals surface area contributed by atoms with Crippen LogP contribution in [0.5, 0.6) is 0 Å². The lowest BCUT2D eigenvalue weighted by Gasteiger charge is -2.29. The number of benzene rings is 2. The molecule has 0 saturated carbocycles. The first-order chi connectivity index (χ1) is 12.0. The van der Waals surface area contributed by atoms with Crippen LogP contribution in [-0.2, 0) is 17.8 Å². The Morgan fingerprint density at radius 2 is 2.00 bits per heavy atom. The molecular weight excluding hydrogens is 312 g/mol. The Hall–Kier alpha value is -2.17. The third kappa shape index (κ3) is 4.27. The maximum atomic E-state index is 11.8. The Morgan fingerprint density at radius 1 is 1.24 bits per heavy atom. The highest BCUT2D eigenvalue weighted by molar-refractivity contribution is 5.92. The van der Waals surface area contributed by atoms with Gasteiger partial charge in [0.1, 0.15) is 0 Å². The molecule has 0 radical (unpaired) electrons. The lowest BCUT2D eigenvalue weighted by Crippen LogP contribution is -2.33. The summed E-state index contributed by atoms with van der Waals surface area (Å²) in [6, 6.07) is 16.2. The van der Waals surface area contributed by atoms with Crippen molar-refractivity contribution in [1.29, 1.82) is 0 Å². The molecule has 1 N–H and O–H groups in total. The largest absolute Gasteiger partial charge is 0.387 e. The molecule has 1 amide bonds. The van der Waals surface area contributed by atoms with E-state index in [2.05, 4.69) is 23.1 Å². The predicted octanol–water partition coefficient (Wildman–Crippen LogP) is 3.15. The van der Waals surface area contributed by atoms with Crippen LogP contribution in [0.3, 0.4) is 0 Å². The number of fused-ring (bicyclic) bond motifs is 1. The smallest absolute Gasteiger partial charge is 0.223 e. The van der Waals surface area contributed by atoms with Gasteiger partial charge in [0.05, 0.1) is 6.10 Å². The standard InChI is InChI=1S/C21H26N2O2/c1-16(24)23-12-6-9-18-13-19(10-11-20(18)23)21(25)15-22(2)14-17-7-4-3-5-8-17/h3-5,7-8,10-11,13,21,25H,6,9,12,14-15H2,1-2H3/t21-/m0/s1. The molecule has 0 aliphatic carbocycles. The first kappa shape index (κ1) is 17.6. The molecule has 0 spiro atoms. The third-order valence-electron chi connectivity index (χ3n) is 4.77. The normalized spacial score (nSPS) is 15.1. The van der Waals surface area contributed by atoms with E-state index in [0.29, 0.717) is 6.54 Å². The second-order valence-corrected chi connectivity index (χ2v) is 6.86. The summed E-state index contributed by atoms with van der Waals surface area (Å²) < 4.78 is 0. The van der Waals surface area contributed by atoms with Crippen LogP contribution in [0.2, 0.25) is 0 Å². The van der Waals surface area contributed by atoms with E-state index in [4.69, 9.17) is 0 Å². The van der Waals surface area contributed by atoms with Crippen molar-refractivity contribution in [3.63, 3.8) is 0 Å². The Balaban J connectivity index is 1.68. The molecule has 4 heteroatoms. The van der Waals surface area contributed by atoms with E-state index in [1.807, 2.05) is 42.3 Å². The number of aryl methyl sites for hydroxylation is 1. The summed E-state index contributed by atoms with van der Waals surface area (Å²) in [5, 5.41) is 10.6. The fourth-order valence-corrected chi connectivity index (χ4v) is 3.51. The number of amides is 1. The molecule has 3 rings (SSSR count). The average molecular weight is 338 g/mol. The Labute approximate surface area is 149 Å². The molecule has 2 aromatic carbocycles. The van der Waals surface area contributed by atoms with Gasteiger partial charge in [-0.1, -0.05) is 42.5 Å². The van der Waals surface area contributed by atoms with E-state index < -0.39 is 6.10 Å². The number of nitrogens with zero attached hydrogens (tertiary/aromatic N) is 2. The van der Waals surface area contributed by atoms with Gasteiger partial charge in [-0.05, 0) is 42.6 Å². The quantitative estimate of drug-likeness (QED) is 0.911. The van der Waals surface area contributed by atoms with Crippen molar-refractivity contribution in [2.45, 2.75) is 32.4 Å². The molecule has 25 heavy (non-hydrogen) atoms. The minimum atomic E-state index is -0.535. The van der Waals surface area contributed by atoms with E-state index in [-0.39, 0.29) is 5.91 Å². The van der Waals surface area contributed by atoms with Crippen molar-refractivity contribution in [2.75, 3.05) is 25.0 Å². The summed E-state index contributed by atoms with van der Waals surface area (Å²) in [6.07, 6.45) is 1.39. The molecule has 0 aromatic heterocycles. The van der Waals surface area contributed by atoms with E-state index >= 15 is 0 Å². The molecule has 132 valence electrons. The number of aliphatic hydroxyl groups excluding tert-OH is 1. The maximum Gasteiger partial charge on any atom is 0.223 e. The monoisotopic (exact) mass is 338 g/mol. The van der Waals surface area contributed by atoms with Gasteiger partial charge in [-0.25, -0.2) is 0 Å². The lowest BCUT2D eigenvalue weighted by atomic mass is 9.97. The zero-order chi connectivity index (χ0) is 17.8. The molecule has 1 atom stereocenters. The zero-order valence-electron chi connectivity index (χ0n) is 15.0. The highest BCUT2D eigenvalue weighted by Crippen LogP contribution is 2.30. The molecule has 0 saturated heterocycles. The molecule has 2 aromatic rings. The molecule has 1 aliphatic heterocycles. The Kier molecular flexibility index (Phi) is 5.51. The molecule has 0 unspecified atom stereocenters. The van der Waals surface area contributed by atoms with Crippen LogP contribution in [0.4, 0.5) is 5.69 Å². The third-order valence-corrected chi connectivity index (χ3v) is 4.77. The molecular formula is C21H26N2O2. The van der Waals surface area contributed by atoms with E-state index in [0.717, 1.165) is 42.7 Å². The number of carbonyl (C=O) groups is 1. The van der Waals surface area contributed by atoms with Crippen molar-refractivity contribution < 1.29 is 9.90 Å². The number of rotatable bonds is 5. The first-order valence-electron chi connectivity index (χ1n) is 8.86. The van der Waals surface area contributed by atoms with Gasteiger partial charge in [-0.15, -0.1) is 0 Å². The van der Waals surface area contributed by atoms with Crippen molar-refractivity contribution in [2.24, 2.45) is 0 Å². The summed E-state index contributed by atoms with van der Waals surface area (Å²) >= 11 is 0. The molecule has 4 nitrogen and oxygen atoms in total. The van der Waals surface area contributed by atoms with Crippen molar-refractivity contribution >= 4 is 11.6 Å². The van der Waals surface area contributed by atoms with Gasteiger partial charge < -0.3 is 10.0 Å². The van der Waals surface area contributed by atoms with Gasteiger partial charge >= 0.3 is 0 Å². The Morgan fingerprint density at radius 3 is 2.72 bits per heavy atom. The molecule has 0 bridgehead atoms. The van der Waals surface area contributed by atoms with Gasteiger partial charge in [0.25, 0.3) is 0 Å². The molecule has 1 heterocycles. The topological polar surface area (TPSA) is 43.8 Å². The second kappa shape index (κ2) is 7.81. The SMILES string of the molecule is CC(=O)N1CCCc2cc([C@@H](O)CN(C)Cc3ccccc3)ccc21. The minimum Gasteiger partial charge on any atom is -0.387 e. The van der Waals surface area contributed by atoms with E-state index in [9.17, 15) is 9.90 Å². The number of likely N-dealkylation sites (N-methyl/N-ethyl adjacent to an activating group) is 1. The molecule has 1 aliphatic rings. The van der Waals surface area contributed by atoms with Crippen LogP contribution < -0.4 is 4.90 Å². The van der Waals surface area contributed by atoms with Crippen LogP contribution in [0.15, 0.2) is 48.5 Å². The van der Waals surface area contributed by atoms with E-state index in [1.165, 1.54) is 5.56 Å². The maximum absolute atomic E-state index is 11.8. The molecule has 0 fully saturated rings. The average Bonchev–Trinajstić information content (AvgIpc) is 2.61. The van der Waals surface area contributed by atoms with Crippen LogP contribution in [-0.4, -0.2) is 36.1 Å². The van der Waals surface area contributed by atoms with Gasteiger partial charge in [0.2, 0.25) is 5.91 Å². The zero-order valence-corrected chi connectivity index (χ0v) is 15.0. The summed E-state index contributed by atoms with van der Waals surface area (Å²) in [7, 11) is 2.02. The van der Waals surface area contributed by atoms with Gasteiger partial charge in [0, 0.05) is 32.2 Å². The predicted molar refractivity (Wildman–Crippen MR) is 101 cm³/mol. The van der Waals surface area contributed by atoms with Crippen LogP contribution in [0.25, 0.3) is 0 Å². The summed E-state index contributed by atoms with van der Waals surface area (Å²) in [5.74, 6) is 0.0804. The fraction of sp³-hybridized carbons (Fsp3) is 0.381.